The van der Waals surface area contributed by atoms with Gasteiger partial charge in [-0.15, -0.1) is 0 Å². The van der Waals surface area contributed by atoms with Crippen LogP contribution in [0.2, 0.25) is 0 Å². The number of carbonyl (C=O) groups excluding carboxylic acids is 1. The summed E-state index contributed by atoms with van der Waals surface area (Å²) in [7, 11) is -1.62. The number of sulfonamides is 1. The normalized spacial score (nSPS) is 16.6. The van der Waals surface area contributed by atoms with Crippen LogP contribution in [0.25, 0.3) is 0 Å². The summed E-state index contributed by atoms with van der Waals surface area (Å²) in [6.07, 6.45) is 0. The lowest BCUT2D eigenvalue weighted by Gasteiger charge is -2.37. The Morgan fingerprint density at radius 1 is 1.00 bits per heavy atom. The maximum atomic E-state index is 13.3. The van der Waals surface area contributed by atoms with Gasteiger partial charge in [0.1, 0.15) is 6.04 Å². The van der Waals surface area contributed by atoms with Gasteiger partial charge in [0.05, 0.1) is 4.90 Å². The Morgan fingerprint density at radius 2 is 1.63 bits per heavy atom. The average molecular weight is 430 g/mol. The maximum Gasteiger partial charge on any atom is 0.244 e. The van der Waals surface area contributed by atoms with Crippen LogP contribution in [0.5, 0.6) is 0 Å². The van der Waals surface area contributed by atoms with Crippen LogP contribution in [0.4, 0.5) is 0 Å². The van der Waals surface area contributed by atoms with Crippen LogP contribution in [0.1, 0.15) is 29.7 Å². The zero-order valence-electron chi connectivity index (χ0n) is 18.2. The van der Waals surface area contributed by atoms with Gasteiger partial charge in [-0.25, -0.2) is 8.42 Å². The number of carbonyl (C=O) groups is 1. The maximum absolute atomic E-state index is 13.3. The van der Waals surface area contributed by atoms with Gasteiger partial charge in [-0.3, -0.25) is 9.69 Å². The number of rotatable bonds is 6. The smallest absolute Gasteiger partial charge is 0.244 e. The summed E-state index contributed by atoms with van der Waals surface area (Å²) >= 11 is 0. The van der Waals surface area contributed by atoms with Crippen LogP contribution < -0.4 is 0 Å². The Hall–Kier alpha value is -2.22. The van der Waals surface area contributed by atoms with Gasteiger partial charge < -0.3 is 4.90 Å². The van der Waals surface area contributed by atoms with E-state index >= 15 is 0 Å². The first-order chi connectivity index (χ1) is 14.3. The molecule has 0 saturated carbocycles. The summed E-state index contributed by atoms with van der Waals surface area (Å²) in [5.74, 6) is 0.0220. The molecule has 0 radical (unpaired) electrons. The molecule has 2 aromatic rings. The molecule has 0 N–H and O–H groups in total. The van der Waals surface area contributed by atoms with Crippen molar-refractivity contribution in [3.8, 4) is 0 Å². The topological polar surface area (TPSA) is 60.9 Å². The predicted molar refractivity (Wildman–Crippen MR) is 119 cm³/mol. The number of piperazine rings is 1. The molecule has 0 bridgehead atoms. The molecule has 30 heavy (non-hydrogen) atoms. The number of benzene rings is 2. The van der Waals surface area contributed by atoms with E-state index in [1.165, 1.54) is 4.31 Å². The molecular formula is C23H31N3O3S. The van der Waals surface area contributed by atoms with Crippen molar-refractivity contribution < 1.29 is 13.2 Å². The fourth-order valence-corrected chi connectivity index (χ4v) is 5.26. The number of hydrogen-bond donors (Lipinski definition) is 0. The number of aryl methyl sites for hydroxylation is 2. The summed E-state index contributed by atoms with van der Waals surface area (Å²) in [4.78, 5) is 17.5. The third-order valence-electron chi connectivity index (χ3n) is 5.96. The van der Waals surface area contributed by atoms with E-state index < -0.39 is 10.0 Å². The monoisotopic (exact) mass is 429 g/mol. The molecule has 162 valence electrons. The summed E-state index contributed by atoms with van der Waals surface area (Å²) in [5, 5.41) is 0. The van der Waals surface area contributed by atoms with E-state index in [9.17, 15) is 13.2 Å². The van der Waals surface area contributed by atoms with Gasteiger partial charge in [0, 0.05) is 26.2 Å². The first kappa shape index (κ1) is 22.5. The zero-order valence-corrected chi connectivity index (χ0v) is 19.0. The van der Waals surface area contributed by atoms with Crippen LogP contribution in [-0.2, 0) is 14.8 Å². The van der Waals surface area contributed by atoms with Crippen molar-refractivity contribution in [2.24, 2.45) is 0 Å². The highest BCUT2D eigenvalue weighted by atomic mass is 32.2. The van der Waals surface area contributed by atoms with Crippen molar-refractivity contribution in [3.63, 3.8) is 0 Å². The highest BCUT2D eigenvalue weighted by Crippen LogP contribution is 2.24. The quantitative estimate of drug-likeness (QED) is 0.709. The molecule has 7 heteroatoms. The second kappa shape index (κ2) is 9.29. The molecule has 0 aliphatic carbocycles. The van der Waals surface area contributed by atoms with E-state index in [0.717, 1.165) is 23.2 Å². The molecule has 6 nitrogen and oxygen atoms in total. The van der Waals surface area contributed by atoms with Crippen molar-refractivity contribution in [2.45, 2.75) is 31.7 Å². The average Bonchev–Trinajstić information content (AvgIpc) is 2.76. The molecule has 1 aliphatic rings. The Morgan fingerprint density at radius 3 is 2.20 bits per heavy atom. The molecule has 0 aromatic heterocycles. The molecule has 1 amide bonds. The third kappa shape index (κ3) is 4.58. The molecule has 1 fully saturated rings. The fraction of sp³-hybridized carbons (Fsp3) is 0.435. The van der Waals surface area contributed by atoms with Gasteiger partial charge in [-0.05, 0) is 56.3 Å². The van der Waals surface area contributed by atoms with E-state index in [1.807, 2.05) is 69.1 Å². The first-order valence-electron chi connectivity index (χ1n) is 10.4. The van der Waals surface area contributed by atoms with Gasteiger partial charge in [0.2, 0.25) is 15.9 Å². The van der Waals surface area contributed by atoms with Crippen LogP contribution in [0.3, 0.4) is 0 Å². The van der Waals surface area contributed by atoms with Crippen molar-refractivity contribution in [2.75, 3.05) is 39.8 Å². The standard InChI is InChI=1S/C23H31N3O3S/c1-5-24(4)22(20-9-7-6-8-10-20)23(27)25-13-15-26(16-14-25)30(28,29)21-12-11-18(2)19(3)17-21/h6-12,17,22H,5,13-16H2,1-4H3. The van der Waals surface area contributed by atoms with Crippen molar-refractivity contribution >= 4 is 15.9 Å². The van der Waals surface area contributed by atoms with Crippen LogP contribution >= 0.6 is 0 Å². The molecular weight excluding hydrogens is 398 g/mol. The minimum absolute atomic E-state index is 0.0220. The molecule has 3 rings (SSSR count). The van der Waals surface area contributed by atoms with Gasteiger partial charge in [0.15, 0.2) is 0 Å². The van der Waals surface area contributed by atoms with Gasteiger partial charge >= 0.3 is 0 Å². The lowest BCUT2D eigenvalue weighted by Crippen LogP contribution is -2.53. The Bertz CT molecular complexity index is 984. The molecule has 1 saturated heterocycles. The van der Waals surface area contributed by atoms with E-state index in [2.05, 4.69) is 0 Å². The van der Waals surface area contributed by atoms with E-state index in [0.29, 0.717) is 31.1 Å². The lowest BCUT2D eigenvalue weighted by molar-refractivity contribution is -0.138. The van der Waals surface area contributed by atoms with Gasteiger partial charge in [-0.1, -0.05) is 43.3 Å². The summed E-state index contributed by atoms with van der Waals surface area (Å²) < 4.78 is 27.6. The number of hydrogen-bond acceptors (Lipinski definition) is 4. The van der Waals surface area contributed by atoms with Gasteiger partial charge in [-0.2, -0.15) is 4.31 Å². The number of amides is 1. The Kier molecular flexibility index (Phi) is 6.95. The predicted octanol–water partition coefficient (Wildman–Crippen LogP) is 2.83. The highest BCUT2D eigenvalue weighted by Gasteiger charge is 2.34. The largest absolute Gasteiger partial charge is 0.338 e. The summed E-state index contributed by atoms with van der Waals surface area (Å²) in [6.45, 7) is 8.04. The molecule has 1 aliphatic heterocycles. The molecule has 1 atom stereocenters. The summed E-state index contributed by atoms with van der Waals surface area (Å²) in [6, 6.07) is 14.6. The van der Waals surface area contributed by atoms with Gasteiger partial charge in [0.25, 0.3) is 0 Å². The Balaban J connectivity index is 1.73. The fourth-order valence-electron chi connectivity index (χ4n) is 3.75. The molecule has 2 aromatic carbocycles. The molecule has 1 unspecified atom stereocenters. The minimum Gasteiger partial charge on any atom is -0.338 e. The SMILES string of the molecule is CCN(C)C(C(=O)N1CCN(S(=O)(=O)c2ccc(C)c(C)c2)CC1)c1ccccc1. The zero-order chi connectivity index (χ0) is 21.9. The van der Waals surface area contributed by atoms with E-state index in [4.69, 9.17) is 0 Å². The second-order valence-corrected chi connectivity index (χ2v) is 9.80. The highest BCUT2D eigenvalue weighted by molar-refractivity contribution is 7.89. The number of likely N-dealkylation sites (N-methyl/N-ethyl adjacent to an activating group) is 1. The third-order valence-corrected chi connectivity index (χ3v) is 7.85. The lowest BCUT2D eigenvalue weighted by atomic mass is 10.0. The van der Waals surface area contributed by atoms with Crippen LogP contribution in [0.15, 0.2) is 53.4 Å². The van der Waals surface area contributed by atoms with Crippen LogP contribution in [-0.4, -0.2) is 68.2 Å². The van der Waals surface area contributed by atoms with Crippen LogP contribution in [0, 0.1) is 13.8 Å². The number of nitrogens with zero attached hydrogens (tertiary/aromatic N) is 3. The van der Waals surface area contributed by atoms with Crippen molar-refractivity contribution in [1.82, 2.24) is 14.1 Å². The summed E-state index contributed by atoms with van der Waals surface area (Å²) in [5.41, 5.74) is 2.98. The molecule has 0 spiro atoms. The minimum atomic E-state index is -3.56. The first-order valence-corrected chi connectivity index (χ1v) is 11.8. The molecule has 1 heterocycles. The van der Waals surface area contributed by atoms with E-state index in [1.54, 1.807) is 17.0 Å². The van der Waals surface area contributed by atoms with Crippen molar-refractivity contribution in [1.29, 1.82) is 0 Å². The van der Waals surface area contributed by atoms with Crippen molar-refractivity contribution in [3.05, 3.63) is 65.2 Å². The van der Waals surface area contributed by atoms with E-state index in [-0.39, 0.29) is 11.9 Å². The Labute approximate surface area is 180 Å². The second-order valence-electron chi connectivity index (χ2n) is 7.86.